The number of nitrogens with zero attached hydrogens (tertiary/aromatic N) is 2. The van der Waals surface area contributed by atoms with Crippen molar-refractivity contribution in [2.24, 2.45) is 0 Å². The monoisotopic (exact) mass is 323 g/mol. The van der Waals surface area contributed by atoms with Crippen LogP contribution in [0.3, 0.4) is 0 Å². The van der Waals surface area contributed by atoms with Gasteiger partial charge in [0.25, 0.3) is 5.56 Å². The Morgan fingerprint density at radius 1 is 1.17 bits per heavy atom. The molecule has 0 aliphatic carbocycles. The molecule has 2 aromatic carbocycles. The highest BCUT2D eigenvalue weighted by atomic mass is 19.1. The fourth-order valence-corrected chi connectivity index (χ4v) is 2.48. The molecule has 3 aromatic rings. The number of halogens is 1. The van der Waals surface area contributed by atoms with E-state index in [1.807, 2.05) is 43.3 Å². The quantitative estimate of drug-likeness (QED) is 0.796. The summed E-state index contributed by atoms with van der Waals surface area (Å²) in [6.07, 6.45) is 1.77. The minimum absolute atomic E-state index is 0.262. The number of aromatic amines is 1. The van der Waals surface area contributed by atoms with Gasteiger partial charge in [0.05, 0.1) is 16.3 Å². The third-order valence-electron chi connectivity index (χ3n) is 3.79. The van der Waals surface area contributed by atoms with Crippen molar-refractivity contribution >= 4 is 18.3 Å². The molecule has 0 spiro atoms. The van der Waals surface area contributed by atoms with Crippen LogP contribution in [0.25, 0.3) is 18.3 Å². The van der Waals surface area contributed by atoms with Crippen molar-refractivity contribution in [3.05, 3.63) is 80.8 Å². The molecule has 0 bridgehead atoms. The lowest BCUT2D eigenvalue weighted by molar-refractivity contribution is 0.625. The molecular formula is C19H18FN3O. The van der Waals surface area contributed by atoms with Gasteiger partial charge in [0, 0.05) is 19.8 Å². The Morgan fingerprint density at radius 2 is 1.88 bits per heavy atom. The summed E-state index contributed by atoms with van der Waals surface area (Å²) >= 11 is 0. The summed E-state index contributed by atoms with van der Waals surface area (Å²) in [5.74, 6) is -0.399. The fraction of sp³-hybridized carbons (Fsp3) is 0.105. The third-order valence-corrected chi connectivity index (χ3v) is 3.79. The highest BCUT2D eigenvalue weighted by molar-refractivity contribution is 5.55. The summed E-state index contributed by atoms with van der Waals surface area (Å²) in [5, 5.41) is 3.84. The maximum absolute atomic E-state index is 13.4. The first-order chi connectivity index (χ1) is 11.5. The van der Waals surface area contributed by atoms with E-state index in [4.69, 9.17) is 0 Å². The molecule has 0 fully saturated rings. The molecule has 1 N–H and O–H groups in total. The van der Waals surface area contributed by atoms with Crippen LogP contribution in [0.1, 0.15) is 5.56 Å². The van der Waals surface area contributed by atoms with E-state index in [0.29, 0.717) is 16.3 Å². The van der Waals surface area contributed by atoms with Crippen molar-refractivity contribution < 1.29 is 4.39 Å². The zero-order valence-corrected chi connectivity index (χ0v) is 13.6. The molecule has 122 valence electrons. The Labute approximate surface area is 138 Å². The molecule has 4 nitrogen and oxygen atoms in total. The van der Waals surface area contributed by atoms with Gasteiger partial charge in [-0.15, -0.1) is 0 Å². The van der Waals surface area contributed by atoms with Crippen molar-refractivity contribution in [3.63, 3.8) is 0 Å². The zero-order chi connectivity index (χ0) is 17.3. The molecule has 24 heavy (non-hydrogen) atoms. The second kappa shape index (κ2) is 6.20. The van der Waals surface area contributed by atoms with Gasteiger partial charge in [0.15, 0.2) is 0 Å². The molecule has 0 amide bonds. The highest BCUT2D eigenvalue weighted by Crippen LogP contribution is 2.12. The normalized spacial score (nSPS) is 11.7. The largest absolute Gasteiger partial charge is 0.378 e. The van der Waals surface area contributed by atoms with Crippen LogP contribution in [0.2, 0.25) is 0 Å². The summed E-state index contributed by atoms with van der Waals surface area (Å²) in [6, 6.07) is 13.7. The Morgan fingerprint density at radius 3 is 2.50 bits per heavy atom. The molecule has 5 heteroatoms. The lowest BCUT2D eigenvalue weighted by Gasteiger charge is -2.11. The number of aromatic nitrogens is 2. The smallest absolute Gasteiger partial charge is 0.279 e. The van der Waals surface area contributed by atoms with Gasteiger partial charge in [-0.05, 0) is 42.0 Å². The molecule has 0 aliphatic rings. The lowest BCUT2D eigenvalue weighted by atomic mass is 10.1. The number of rotatable bonds is 3. The van der Waals surface area contributed by atoms with Crippen LogP contribution in [0, 0.1) is 5.82 Å². The van der Waals surface area contributed by atoms with E-state index < -0.39 is 5.82 Å². The minimum atomic E-state index is -0.399. The molecule has 0 radical (unpaired) electrons. The lowest BCUT2D eigenvalue weighted by Crippen LogP contribution is -2.33. The maximum atomic E-state index is 13.4. The van der Waals surface area contributed by atoms with Crippen LogP contribution in [-0.4, -0.2) is 23.9 Å². The van der Waals surface area contributed by atoms with Crippen molar-refractivity contribution in [3.8, 4) is 5.69 Å². The first-order valence-electron chi connectivity index (χ1n) is 7.51. The molecule has 1 aromatic heterocycles. The topological polar surface area (TPSA) is 41.0 Å². The average Bonchev–Trinajstić information content (AvgIpc) is 2.83. The van der Waals surface area contributed by atoms with E-state index >= 15 is 0 Å². The molecule has 0 saturated heterocycles. The number of hydrogen-bond acceptors (Lipinski definition) is 2. The Hall–Kier alpha value is -3.08. The fourth-order valence-electron chi connectivity index (χ4n) is 2.48. The van der Waals surface area contributed by atoms with Gasteiger partial charge >= 0.3 is 0 Å². The maximum Gasteiger partial charge on any atom is 0.279 e. The second-order valence-electron chi connectivity index (χ2n) is 5.75. The van der Waals surface area contributed by atoms with Crippen molar-refractivity contribution in [2.45, 2.75) is 0 Å². The van der Waals surface area contributed by atoms with Crippen LogP contribution >= 0.6 is 0 Å². The van der Waals surface area contributed by atoms with Gasteiger partial charge < -0.3 is 4.90 Å². The summed E-state index contributed by atoms with van der Waals surface area (Å²) in [5.41, 5.74) is 2.15. The van der Waals surface area contributed by atoms with Gasteiger partial charge in [0.2, 0.25) is 0 Å². The number of nitrogens with one attached hydrogen (secondary N) is 1. The number of anilines is 1. The molecule has 0 unspecified atom stereocenters. The van der Waals surface area contributed by atoms with Crippen molar-refractivity contribution in [1.29, 1.82) is 0 Å². The van der Waals surface area contributed by atoms with Crippen molar-refractivity contribution in [2.75, 3.05) is 19.0 Å². The van der Waals surface area contributed by atoms with Crippen LogP contribution in [0.4, 0.5) is 10.1 Å². The standard InChI is InChI=1S/C19H18FN3O/c1-13-18(11-14-7-9-16(10-8-14)22(2)3)19(24)23(21-13)17-6-4-5-15(20)12-17/h4-12,21H,1H2,2-3H3/b18-11-. The van der Waals surface area contributed by atoms with E-state index in [1.54, 1.807) is 18.2 Å². The molecule has 1 heterocycles. The number of benzene rings is 2. The summed E-state index contributed by atoms with van der Waals surface area (Å²) in [7, 11) is 3.94. The SMILES string of the molecule is C=c1[nH]n(-c2cccc(F)c2)c(=O)/c1=C\c1ccc(N(C)C)cc1. The predicted octanol–water partition coefficient (Wildman–Crippen LogP) is 1.61. The first kappa shape index (κ1) is 15.8. The van der Waals surface area contributed by atoms with E-state index in [2.05, 4.69) is 11.7 Å². The summed E-state index contributed by atoms with van der Waals surface area (Å²) in [4.78, 5) is 14.6. The average molecular weight is 323 g/mol. The third kappa shape index (κ3) is 3.01. The van der Waals surface area contributed by atoms with Crippen molar-refractivity contribution in [1.82, 2.24) is 9.78 Å². The number of hydrogen-bond donors (Lipinski definition) is 1. The summed E-state index contributed by atoms with van der Waals surface area (Å²) in [6.45, 7) is 3.88. The number of H-pyrrole nitrogens is 1. The summed E-state index contributed by atoms with van der Waals surface area (Å²) < 4.78 is 14.7. The van der Waals surface area contributed by atoms with E-state index in [1.165, 1.54) is 16.8 Å². The van der Waals surface area contributed by atoms with Crippen LogP contribution in [0.5, 0.6) is 0 Å². The van der Waals surface area contributed by atoms with Crippen LogP contribution in [0.15, 0.2) is 53.3 Å². The van der Waals surface area contributed by atoms with E-state index in [0.717, 1.165) is 11.3 Å². The van der Waals surface area contributed by atoms with Crippen LogP contribution < -0.4 is 21.0 Å². The minimum Gasteiger partial charge on any atom is -0.378 e. The molecular weight excluding hydrogens is 305 g/mol. The van der Waals surface area contributed by atoms with E-state index in [9.17, 15) is 9.18 Å². The first-order valence-corrected chi connectivity index (χ1v) is 7.51. The molecule has 0 aliphatic heterocycles. The Balaban J connectivity index is 2.09. The van der Waals surface area contributed by atoms with Gasteiger partial charge in [-0.2, -0.15) is 0 Å². The molecule has 3 rings (SSSR count). The molecule has 0 saturated carbocycles. The highest BCUT2D eigenvalue weighted by Gasteiger charge is 2.05. The molecule has 0 atom stereocenters. The Bertz CT molecular complexity index is 1030. The van der Waals surface area contributed by atoms with E-state index in [-0.39, 0.29) is 5.56 Å². The van der Waals surface area contributed by atoms with Gasteiger partial charge in [-0.25, -0.2) is 9.07 Å². The van der Waals surface area contributed by atoms with Gasteiger partial charge in [-0.3, -0.25) is 9.89 Å². The predicted molar refractivity (Wildman–Crippen MR) is 95.5 cm³/mol. The van der Waals surface area contributed by atoms with Gasteiger partial charge in [-0.1, -0.05) is 24.8 Å². The Kier molecular flexibility index (Phi) is 4.08. The zero-order valence-electron chi connectivity index (χ0n) is 13.6. The van der Waals surface area contributed by atoms with Crippen LogP contribution in [-0.2, 0) is 0 Å². The second-order valence-corrected chi connectivity index (χ2v) is 5.75. The van der Waals surface area contributed by atoms with Gasteiger partial charge in [0.1, 0.15) is 5.82 Å².